The number of hydrogen-bond donors (Lipinski definition) is 2. The number of carbonyl (C=O) groups excluding carboxylic acids is 1. The average molecular weight is 449 g/mol. The molecule has 164 valence electrons. The molecule has 7 nitrogen and oxygen atoms in total. The zero-order valence-corrected chi connectivity index (χ0v) is 18.5. The molecular formula is C24H24N4O3S. The van der Waals surface area contributed by atoms with Crippen molar-refractivity contribution < 1.29 is 13.2 Å². The summed E-state index contributed by atoms with van der Waals surface area (Å²) in [5.74, 6) is 0.325. The van der Waals surface area contributed by atoms with Crippen molar-refractivity contribution in [1.82, 2.24) is 14.6 Å². The Hall–Kier alpha value is -3.49. The number of benzene rings is 2. The second kappa shape index (κ2) is 8.57. The van der Waals surface area contributed by atoms with E-state index in [2.05, 4.69) is 16.9 Å². The molecule has 0 spiro atoms. The van der Waals surface area contributed by atoms with Crippen LogP contribution in [0.1, 0.15) is 15.9 Å². The summed E-state index contributed by atoms with van der Waals surface area (Å²) in [6, 6.07) is 14.3. The minimum Gasteiger partial charge on any atom is -0.383 e. The monoisotopic (exact) mass is 448 g/mol. The van der Waals surface area contributed by atoms with Gasteiger partial charge in [0.15, 0.2) is 0 Å². The highest BCUT2D eigenvalue weighted by atomic mass is 32.2. The van der Waals surface area contributed by atoms with Crippen LogP contribution in [0, 0.1) is 0 Å². The number of rotatable bonds is 6. The fourth-order valence-electron chi connectivity index (χ4n) is 3.74. The van der Waals surface area contributed by atoms with Gasteiger partial charge in [0, 0.05) is 43.0 Å². The molecule has 0 unspecified atom stereocenters. The van der Waals surface area contributed by atoms with Gasteiger partial charge in [-0.05, 0) is 47.4 Å². The van der Waals surface area contributed by atoms with Gasteiger partial charge in [0.2, 0.25) is 10.0 Å². The van der Waals surface area contributed by atoms with Crippen LogP contribution in [0.25, 0.3) is 22.3 Å². The summed E-state index contributed by atoms with van der Waals surface area (Å²) in [5.41, 5.74) is 11.1. The molecule has 0 radical (unpaired) electrons. The van der Waals surface area contributed by atoms with Crippen LogP contribution < -0.4 is 11.1 Å². The zero-order chi connectivity index (χ0) is 22.9. The van der Waals surface area contributed by atoms with Crippen LogP contribution in [0.15, 0.2) is 72.3 Å². The number of aromatic nitrogens is 1. The number of sulfonamides is 1. The molecule has 0 saturated heterocycles. The van der Waals surface area contributed by atoms with Crippen molar-refractivity contribution >= 4 is 21.7 Å². The summed E-state index contributed by atoms with van der Waals surface area (Å²) in [6.45, 7) is 4.43. The van der Waals surface area contributed by atoms with Crippen molar-refractivity contribution in [2.45, 2.75) is 11.3 Å². The molecule has 0 aliphatic carbocycles. The van der Waals surface area contributed by atoms with E-state index >= 15 is 0 Å². The van der Waals surface area contributed by atoms with Gasteiger partial charge in [-0.15, -0.1) is 6.58 Å². The first-order chi connectivity index (χ1) is 15.3. The van der Waals surface area contributed by atoms with Gasteiger partial charge < -0.3 is 11.1 Å². The fraction of sp³-hybridized carbons (Fsp3) is 0.167. The number of pyridine rings is 1. The smallest absolute Gasteiger partial charge is 0.251 e. The van der Waals surface area contributed by atoms with E-state index in [0.717, 1.165) is 34.2 Å². The first kappa shape index (κ1) is 21.7. The Morgan fingerprint density at radius 3 is 2.53 bits per heavy atom. The highest BCUT2D eigenvalue weighted by molar-refractivity contribution is 7.89. The summed E-state index contributed by atoms with van der Waals surface area (Å²) in [4.78, 5) is 16.6. The molecule has 0 atom stereocenters. The molecule has 2 heterocycles. The first-order valence-corrected chi connectivity index (χ1v) is 11.6. The van der Waals surface area contributed by atoms with E-state index < -0.39 is 10.0 Å². The number of fused-ring (bicyclic) bond motifs is 1. The summed E-state index contributed by atoms with van der Waals surface area (Å²) in [6.07, 6.45) is 3.97. The second-order valence-corrected chi connectivity index (χ2v) is 9.68. The molecule has 1 aromatic heterocycles. The maximum atomic E-state index is 12.6. The molecule has 0 saturated carbocycles. The lowest BCUT2D eigenvalue weighted by Crippen LogP contribution is -2.31. The van der Waals surface area contributed by atoms with Gasteiger partial charge in [0.1, 0.15) is 5.82 Å². The number of nitrogens with one attached hydrogen (secondary N) is 1. The van der Waals surface area contributed by atoms with Crippen molar-refractivity contribution in [3.05, 3.63) is 78.5 Å². The molecule has 3 aromatic rings. The van der Waals surface area contributed by atoms with Crippen LogP contribution in [-0.2, 0) is 16.4 Å². The molecule has 1 aliphatic rings. The normalized spacial score (nSPS) is 13.5. The molecule has 8 heteroatoms. The Morgan fingerprint density at radius 1 is 1.09 bits per heavy atom. The first-order valence-electron chi connectivity index (χ1n) is 10.2. The summed E-state index contributed by atoms with van der Waals surface area (Å²) in [7, 11) is -2.06. The summed E-state index contributed by atoms with van der Waals surface area (Å²) >= 11 is 0. The Bertz CT molecular complexity index is 1300. The van der Waals surface area contributed by atoms with Gasteiger partial charge in [0.25, 0.3) is 5.91 Å². The Balaban J connectivity index is 1.68. The van der Waals surface area contributed by atoms with Crippen molar-refractivity contribution in [3.8, 4) is 22.3 Å². The molecule has 3 N–H and O–H groups in total. The number of carbonyl (C=O) groups is 1. The van der Waals surface area contributed by atoms with Crippen LogP contribution >= 0.6 is 0 Å². The van der Waals surface area contributed by atoms with Crippen LogP contribution in [-0.4, -0.2) is 43.8 Å². The van der Waals surface area contributed by atoms with E-state index in [1.165, 1.54) is 11.4 Å². The third-order valence-electron chi connectivity index (χ3n) is 5.54. The highest BCUT2D eigenvalue weighted by Gasteiger charge is 2.20. The molecular weight excluding hydrogens is 424 g/mol. The lowest BCUT2D eigenvalue weighted by Gasteiger charge is -2.18. The van der Waals surface area contributed by atoms with E-state index in [1.807, 2.05) is 24.3 Å². The molecule has 32 heavy (non-hydrogen) atoms. The maximum Gasteiger partial charge on any atom is 0.251 e. The summed E-state index contributed by atoms with van der Waals surface area (Å²) < 4.78 is 26.5. The van der Waals surface area contributed by atoms with Gasteiger partial charge in [-0.3, -0.25) is 4.79 Å². The largest absolute Gasteiger partial charge is 0.383 e. The van der Waals surface area contributed by atoms with E-state index in [9.17, 15) is 13.2 Å². The van der Waals surface area contributed by atoms with E-state index in [0.29, 0.717) is 17.9 Å². The molecule has 0 bridgehead atoms. The number of anilines is 1. The Morgan fingerprint density at radius 2 is 1.81 bits per heavy atom. The third-order valence-corrected chi connectivity index (χ3v) is 7.38. The molecule has 0 fully saturated rings. The fourth-order valence-corrected chi connectivity index (χ4v) is 4.88. The van der Waals surface area contributed by atoms with Crippen molar-refractivity contribution in [2.75, 3.05) is 25.9 Å². The van der Waals surface area contributed by atoms with Gasteiger partial charge in [-0.2, -0.15) is 4.31 Å². The average Bonchev–Trinajstić information content (AvgIpc) is 2.79. The van der Waals surface area contributed by atoms with Gasteiger partial charge in [-0.1, -0.05) is 30.3 Å². The van der Waals surface area contributed by atoms with Crippen molar-refractivity contribution in [1.29, 1.82) is 0 Å². The SMILES string of the molecule is C=CCN(C)S(=O)(=O)c1ccc(-c2cnc(N)c(-c3ccc4c(c3)CCNC4=O)c2)cc1. The minimum absolute atomic E-state index is 0.0635. The highest BCUT2D eigenvalue weighted by Crippen LogP contribution is 2.32. The van der Waals surface area contributed by atoms with Gasteiger partial charge in [-0.25, -0.2) is 13.4 Å². The van der Waals surface area contributed by atoms with Crippen LogP contribution in [0.3, 0.4) is 0 Å². The number of nitrogens with two attached hydrogens (primary N) is 1. The lowest BCUT2D eigenvalue weighted by atomic mass is 9.94. The van der Waals surface area contributed by atoms with Crippen LogP contribution in [0.5, 0.6) is 0 Å². The van der Waals surface area contributed by atoms with Crippen molar-refractivity contribution in [3.63, 3.8) is 0 Å². The Kier molecular flexibility index (Phi) is 5.82. The van der Waals surface area contributed by atoms with Crippen LogP contribution in [0.2, 0.25) is 0 Å². The number of hydrogen-bond acceptors (Lipinski definition) is 5. The minimum atomic E-state index is -3.58. The number of nitrogens with zero attached hydrogens (tertiary/aromatic N) is 2. The van der Waals surface area contributed by atoms with Crippen LogP contribution in [0.4, 0.5) is 5.82 Å². The second-order valence-electron chi connectivity index (χ2n) is 7.63. The topological polar surface area (TPSA) is 105 Å². The third kappa shape index (κ3) is 4.02. The lowest BCUT2D eigenvalue weighted by molar-refractivity contribution is 0.0946. The van der Waals surface area contributed by atoms with Gasteiger partial charge in [0.05, 0.1) is 4.90 Å². The standard InChI is InChI=1S/C24H24N4O3S/c1-3-12-28(2)32(30,31)20-7-4-16(5-8-20)19-14-22(23(25)27-15-19)17-6-9-21-18(13-17)10-11-26-24(21)29/h3-9,13-15H,1,10-12H2,2H3,(H2,25,27)(H,26,29). The number of amides is 1. The quantitative estimate of drug-likeness (QED) is 0.564. The molecule has 4 rings (SSSR count). The predicted octanol–water partition coefficient (Wildman–Crippen LogP) is 3.09. The molecule has 1 amide bonds. The molecule has 1 aliphatic heterocycles. The van der Waals surface area contributed by atoms with E-state index in [-0.39, 0.29) is 17.3 Å². The number of likely N-dealkylation sites (N-methyl/N-ethyl adjacent to an activating group) is 1. The predicted molar refractivity (Wildman–Crippen MR) is 126 cm³/mol. The van der Waals surface area contributed by atoms with E-state index in [1.54, 1.807) is 36.5 Å². The van der Waals surface area contributed by atoms with Crippen molar-refractivity contribution in [2.24, 2.45) is 0 Å². The van der Waals surface area contributed by atoms with E-state index in [4.69, 9.17) is 5.73 Å². The number of nitrogen functional groups attached to an aromatic ring is 1. The Labute approximate surface area is 187 Å². The zero-order valence-electron chi connectivity index (χ0n) is 17.7. The van der Waals surface area contributed by atoms with Gasteiger partial charge >= 0.3 is 0 Å². The molecule has 2 aromatic carbocycles. The maximum absolute atomic E-state index is 12.6. The summed E-state index contributed by atoms with van der Waals surface area (Å²) in [5, 5.41) is 2.84.